The third kappa shape index (κ3) is 4.04. The van der Waals surface area contributed by atoms with E-state index in [1.54, 1.807) is 17.3 Å². The molecule has 0 bridgehead atoms. The lowest BCUT2D eigenvalue weighted by Crippen LogP contribution is -2.34. The lowest BCUT2D eigenvalue weighted by Gasteiger charge is -2.30. The van der Waals surface area contributed by atoms with E-state index < -0.39 is 20.2 Å². The number of sulfone groups is 1. The number of alkyl halides is 3. The second-order valence-electron chi connectivity index (χ2n) is 6.62. The first-order chi connectivity index (χ1) is 13.2. The number of hydrogen-bond donors (Lipinski definition) is 0. The van der Waals surface area contributed by atoms with E-state index >= 15 is 0 Å². The van der Waals surface area contributed by atoms with Crippen molar-refractivity contribution in [1.29, 1.82) is 0 Å². The van der Waals surface area contributed by atoms with E-state index in [9.17, 15) is 26.4 Å². The van der Waals surface area contributed by atoms with E-state index in [2.05, 4.69) is 4.98 Å². The number of carbonyl (C=O) groups is 1. The Morgan fingerprint density at radius 1 is 1.00 bits per heavy atom. The van der Waals surface area contributed by atoms with E-state index in [0.717, 1.165) is 55.5 Å². The number of aromatic nitrogens is 1. The number of rotatable bonds is 3. The topological polar surface area (TPSA) is 67.3 Å². The van der Waals surface area contributed by atoms with Gasteiger partial charge in [-0.2, -0.15) is 13.2 Å². The average Bonchev–Trinajstić information content (AvgIpc) is 2.93. The highest BCUT2D eigenvalue weighted by Gasteiger charge is 2.46. The van der Waals surface area contributed by atoms with Crippen LogP contribution in [0.4, 0.5) is 13.2 Å². The molecule has 3 rings (SSSR count). The number of nitrogens with zero attached hydrogens (tertiary/aromatic N) is 2. The third-order valence-electron chi connectivity index (χ3n) is 4.82. The van der Waals surface area contributed by atoms with Gasteiger partial charge in [-0.15, -0.1) is 0 Å². The first-order valence-electron chi connectivity index (χ1n) is 8.84. The normalized spacial score (nSPS) is 18.5. The van der Waals surface area contributed by atoms with E-state index in [0.29, 0.717) is 6.54 Å². The first kappa shape index (κ1) is 20.3. The van der Waals surface area contributed by atoms with Crippen LogP contribution in [0.5, 0.6) is 0 Å². The number of likely N-dealkylation sites (tertiary alicyclic amines) is 1. The first-order valence-corrected chi connectivity index (χ1v) is 10.3. The summed E-state index contributed by atoms with van der Waals surface area (Å²) >= 11 is 0. The monoisotopic (exact) mass is 412 g/mol. The molecule has 0 radical (unpaired) electrons. The molecular weight excluding hydrogens is 393 g/mol. The fourth-order valence-electron chi connectivity index (χ4n) is 3.36. The van der Waals surface area contributed by atoms with Gasteiger partial charge in [0.15, 0.2) is 0 Å². The zero-order valence-electron chi connectivity index (χ0n) is 14.9. The Hall–Kier alpha value is -2.42. The summed E-state index contributed by atoms with van der Waals surface area (Å²) in [6.07, 6.45) is 6.84. The summed E-state index contributed by atoms with van der Waals surface area (Å²) in [6, 6.07) is 7.46. The number of amides is 1. The minimum absolute atomic E-state index is 0.155. The van der Waals surface area contributed by atoms with E-state index in [1.807, 2.05) is 12.1 Å². The molecule has 0 N–H and O–H groups in total. The summed E-state index contributed by atoms with van der Waals surface area (Å²) in [7, 11) is -5.44. The van der Waals surface area contributed by atoms with Gasteiger partial charge in [-0.3, -0.25) is 9.78 Å². The number of benzene rings is 1. The molecule has 1 amide bonds. The van der Waals surface area contributed by atoms with E-state index in [1.165, 1.54) is 0 Å². The van der Waals surface area contributed by atoms with Crippen LogP contribution < -0.4 is 0 Å². The van der Waals surface area contributed by atoms with Crippen molar-refractivity contribution in [3.63, 3.8) is 0 Å². The molecule has 0 saturated carbocycles. The van der Waals surface area contributed by atoms with Crippen molar-refractivity contribution >= 4 is 15.7 Å². The Bertz CT molecular complexity index is 929. The smallest absolute Gasteiger partial charge is 0.332 e. The molecular formula is C19H19F3N2O3S. The summed E-state index contributed by atoms with van der Waals surface area (Å²) in [5.41, 5.74) is -4.28. The summed E-state index contributed by atoms with van der Waals surface area (Å²) in [4.78, 5) is 17.9. The quantitative estimate of drug-likeness (QED) is 0.760. The van der Waals surface area contributed by atoms with Crippen LogP contribution in [-0.4, -0.2) is 36.3 Å². The molecule has 1 aromatic carbocycles. The maximum atomic E-state index is 13.0. The van der Waals surface area contributed by atoms with Crippen molar-refractivity contribution in [1.82, 2.24) is 9.88 Å². The van der Waals surface area contributed by atoms with Gasteiger partial charge in [0.2, 0.25) is 0 Å². The fraction of sp³-hybridized carbons (Fsp3) is 0.368. The Kier molecular flexibility index (Phi) is 5.74. The van der Waals surface area contributed by atoms with Gasteiger partial charge in [0, 0.05) is 24.5 Å². The molecule has 1 aliphatic heterocycles. The summed E-state index contributed by atoms with van der Waals surface area (Å²) in [6.45, 7) is 0.522. The van der Waals surface area contributed by atoms with Crippen LogP contribution in [0.1, 0.15) is 47.6 Å². The van der Waals surface area contributed by atoms with Crippen molar-refractivity contribution in [3.8, 4) is 0 Å². The predicted octanol–water partition coefficient (Wildman–Crippen LogP) is 4.13. The van der Waals surface area contributed by atoms with Gasteiger partial charge in [-0.1, -0.05) is 12.8 Å². The molecule has 2 aromatic rings. The Morgan fingerprint density at radius 2 is 1.64 bits per heavy atom. The summed E-state index contributed by atoms with van der Waals surface area (Å²) < 4.78 is 61.0. The van der Waals surface area contributed by atoms with Crippen LogP contribution in [0.3, 0.4) is 0 Å². The molecule has 0 spiro atoms. The van der Waals surface area contributed by atoms with Crippen LogP contribution in [0.15, 0.2) is 53.7 Å². The SMILES string of the molecule is O=C(c1ccc(S(=O)(=O)C(F)(F)F)cc1)N1CCCCCC1c1ccncc1. The lowest BCUT2D eigenvalue weighted by atomic mass is 10.0. The third-order valence-corrected chi connectivity index (χ3v) is 6.32. The summed E-state index contributed by atoms with van der Waals surface area (Å²) in [5, 5.41) is 0. The predicted molar refractivity (Wildman–Crippen MR) is 96.2 cm³/mol. The maximum Gasteiger partial charge on any atom is 0.501 e. The fourth-order valence-corrected chi connectivity index (χ4v) is 4.12. The van der Waals surface area contributed by atoms with Gasteiger partial charge in [-0.25, -0.2) is 8.42 Å². The van der Waals surface area contributed by atoms with Gasteiger partial charge in [0.1, 0.15) is 0 Å². The van der Waals surface area contributed by atoms with Crippen LogP contribution in [0.2, 0.25) is 0 Å². The van der Waals surface area contributed by atoms with Gasteiger partial charge in [0.25, 0.3) is 15.7 Å². The standard InChI is InChI=1S/C19H19F3N2O3S/c20-19(21,22)28(26,27)16-7-5-15(6-8-16)18(25)24-13-3-1-2-4-17(24)14-9-11-23-12-10-14/h5-12,17H,1-4,13H2. The number of carbonyl (C=O) groups excluding carboxylic acids is 1. The molecule has 1 aliphatic rings. The van der Waals surface area contributed by atoms with Gasteiger partial charge >= 0.3 is 5.51 Å². The molecule has 9 heteroatoms. The molecule has 1 fully saturated rings. The average molecular weight is 412 g/mol. The molecule has 1 unspecified atom stereocenters. The maximum absolute atomic E-state index is 13.0. The zero-order valence-corrected chi connectivity index (χ0v) is 15.7. The number of hydrogen-bond acceptors (Lipinski definition) is 4. The van der Waals surface area contributed by atoms with Gasteiger partial charge in [0.05, 0.1) is 10.9 Å². The minimum atomic E-state index is -5.44. The second-order valence-corrected chi connectivity index (χ2v) is 8.56. The van der Waals surface area contributed by atoms with Crippen molar-refractivity contribution in [3.05, 3.63) is 59.9 Å². The Labute approximate surface area is 161 Å². The molecule has 5 nitrogen and oxygen atoms in total. The number of halogens is 3. The van der Waals surface area contributed by atoms with Gasteiger partial charge in [-0.05, 0) is 54.8 Å². The van der Waals surface area contributed by atoms with Crippen LogP contribution in [0, 0.1) is 0 Å². The van der Waals surface area contributed by atoms with Crippen molar-refractivity contribution in [2.45, 2.75) is 42.1 Å². The molecule has 1 saturated heterocycles. The second kappa shape index (κ2) is 7.90. The largest absolute Gasteiger partial charge is 0.501 e. The van der Waals surface area contributed by atoms with Crippen LogP contribution in [0.25, 0.3) is 0 Å². The molecule has 1 atom stereocenters. The Morgan fingerprint density at radius 3 is 2.25 bits per heavy atom. The zero-order chi connectivity index (χ0) is 20.4. The summed E-state index contributed by atoms with van der Waals surface area (Å²) in [5.74, 6) is -0.334. The van der Waals surface area contributed by atoms with E-state index in [4.69, 9.17) is 0 Å². The van der Waals surface area contributed by atoms with Crippen LogP contribution in [-0.2, 0) is 9.84 Å². The molecule has 0 aliphatic carbocycles. The Balaban J connectivity index is 1.89. The minimum Gasteiger partial charge on any atom is -0.332 e. The molecule has 1 aromatic heterocycles. The number of pyridine rings is 1. The van der Waals surface area contributed by atoms with E-state index in [-0.39, 0.29) is 17.5 Å². The molecule has 150 valence electrons. The lowest BCUT2D eigenvalue weighted by molar-refractivity contribution is -0.0436. The van der Waals surface area contributed by atoms with Crippen LogP contribution >= 0.6 is 0 Å². The van der Waals surface area contributed by atoms with Crippen molar-refractivity contribution < 1.29 is 26.4 Å². The van der Waals surface area contributed by atoms with Gasteiger partial charge < -0.3 is 4.90 Å². The highest BCUT2D eigenvalue weighted by molar-refractivity contribution is 7.92. The highest BCUT2D eigenvalue weighted by Crippen LogP contribution is 2.33. The molecule has 2 heterocycles. The molecule has 28 heavy (non-hydrogen) atoms. The highest BCUT2D eigenvalue weighted by atomic mass is 32.2. The van der Waals surface area contributed by atoms with Crippen molar-refractivity contribution in [2.75, 3.05) is 6.54 Å². The van der Waals surface area contributed by atoms with Crippen molar-refractivity contribution in [2.24, 2.45) is 0 Å².